The lowest BCUT2D eigenvalue weighted by molar-refractivity contribution is 0.101. The van der Waals surface area contributed by atoms with Gasteiger partial charge in [-0.3, -0.25) is 4.79 Å². The van der Waals surface area contributed by atoms with Gasteiger partial charge in [-0.25, -0.2) is 9.50 Å². The lowest BCUT2D eigenvalue weighted by atomic mass is 10.1. The first-order valence-corrected chi connectivity index (χ1v) is 4.95. The fourth-order valence-electron chi connectivity index (χ4n) is 1.44. The lowest BCUT2D eigenvalue weighted by Crippen LogP contribution is -2.05. The number of carbonyl (C=O) groups excluding carboxylic acids is 1. The zero-order valence-corrected chi connectivity index (χ0v) is 9.06. The van der Waals surface area contributed by atoms with Crippen LogP contribution in [-0.4, -0.2) is 20.4 Å². The Bertz CT molecular complexity index is 514. The summed E-state index contributed by atoms with van der Waals surface area (Å²) in [6, 6.07) is 3.83. The van der Waals surface area contributed by atoms with E-state index in [1.165, 1.54) is 6.92 Å². The average molecular weight is 203 g/mol. The number of hydrogen-bond acceptors (Lipinski definition) is 3. The Kier molecular flexibility index (Phi) is 2.26. The zero-order chi connectivity index (χ0) is 11.0. The number of fused-ring (bicyclic) bond motifs is 1. The number of nitrogens with zero attached hydrogens (tertiary/aromatic N) is 3. The number of hydrogen-bond donors (Lipinski definition) is 0. The van der Waals surface area contributed by atoms with Crippen LogP contribution in [0.2, 0.25) is 0 Å². The SMILES string of the molecule is CC(=O)c1cnc2ccc(C(C)C)nn12. The average Bonchev–Trinajstić information content (AvgIpc) is 2.59. The first kappa shape index (κ1) is 9.83. The summed E-state index contributed by atoms with van der Waals surface area (Å²) in [5.74, 6) is 0.326. The van der Waals surface area contributed by atoms with Crippen LogP contribution < -0.4 is 0 Å². The fourth-order valence-corrected chi connectivity index (χ4v) is 1.44. The van der Waals surface area contributed by atoms with E-state index in [0.29, 0.717) is 17.3 Å². The minimum Gasteiger partial charge on any atom is -0.293 e. The van der Waals surface area contributed by atoms with Gasteiger partial charge in [-0.15, -0.1) is 0 Å². The minimum absolute atomic E-state index is 0.0177. The molecule has 2 heterocycles. The first-order chi connectivity index (χ1) is 7.09. The fraction of sp³-hybridized carbons (Fsp3) is 0.364. The van der Waals surface area contributed by atoms with Gasteiger partial charge in [0.05, 0.1) is 11.9 Å². The predicted octanol–water partition coefficient (Wildman–Crippen LogP) is 2.06. The molecule has 2 aromatic rings. The van der Waals surface area contributed by atoms with E-state index in [0.717, 1.165) is 5.69 Å². The Morgan fingerprint density at radius 2 is 2.13 bits per heavy atom. The quantitative estimate of drug-likeness (QED) is 0.702. The number of carbonyl (C=O) groups is 1. The van der Waals surface area contributed by atoms with E-state index in [4.69, 9.17) is 0 Å². The van der Waals surface area contributed by atoms with Crippen LogP contribution in [0.15, 0.2) is 18.3 Å². The van der Waals surface area contributed by atoms with Crippen LogP contribution in [0, 0.1) is 0 Å². The van der Waals surface area contributed by atoms with Crippen molar-refractivity contribution in [1.29, 1.82) is 0 Å². The van der Waals surface area contributed by atoms with Crippen molar-refractivity contribution in [3.05, 3.63) is 29.7 Å². The van der Waals surface area contributed by atoms with Gasteiger partial charge in [-0.2, -0.15) is 5.10 Å². The molecule has 0 aliphatic carbocycles. The smallest absolute Gasteiger partial charge is 0.179 e. The number of ketones is 1. The van der Waals surface area contributed by atoms with Crippen LogP contribution in [-0.2, 0) is 0 Å². The molecular formula is C11H13N3O. The molecule has 0 aliphatic rings. The van der Waals surface area contributed by atoms with Gasteiger partial charge in [0.2, 0.25) is 0 Å². The van der Waals surface area contributed by atoms with Crippen LogP contribution in [0.5, 0.6) is 0 Å². The van der Waals surface area contributed by atoms with E-state index in [1.54, 1.807) is 10.7 Å². The lowest BCUT2D eigenvalue weighted by Gasteiger charge is -2.04. The summed E-state index contributed by atoms with van der Waals surface area (Å²) in [5, 5.41) is 4.39. The second-order valence-corrected chi connectivity index (χ2v) is 3.88. The van der Waals surface area contributed by atoms with Gasteiger partial charge < -0.3 is 0 Å². The third-order valence-electron chi connectivity index (χ3n) is 2.34. The molecule has 0 saturated heterocycles. The summed E-state index contributed by atoms with van der Waals surface area (Å²) in [6.07, 6.45) is 1.56. The summed E-state index contributed by atoms with van der Waals surface area (Å²) in [4.78, 5) is 15.4. The molecule has 0 unspecified atom stereocenters. The van der Waals surface area contributed by atoms with Crippen LogP contribution >= 0.6 is 0 Å². The van der Waals surface area contributed by atoms with E-state index >= 15 is 0 Å². The molecule has 0 radical (unpaired) electrons. The second kappa shape index (κ2) is 3.46. The Balaban J connectivity index is 2.66. The molecule has 0 amide bonds. The Hall–Kier alpha value is -1.71. The maximum atomic E-state index is 11.3. The Labute approximate surface area is 87.9 Å². The summed E-state index contributed by atoms with van der Waals surface area (Å²) >= 11 is 0. The van der Waals surface area contributed by atoms with Crippen molar-refractivity contribution in [1.82, 2.24) is 14.6 Å². The van der Waals surface area contributed by atoms with Gasteiger partial charge in [-0.05, 0) is 18.1 Å². The van der Waals surface area contributed by atoms with Crippen molar-refractivity contribution in [2.24, 2.45) is 0 Å². The molecule has 4 heteroatoms. The molecule has 4 nitrogen and oxygen atoms in total. The summed E-state index contributed by atoms with van der Waals surface area (Å²) < 4.78 is 1.61. The molecule has 2 aromatic heterocycles. The first-order valence-electron chi connectivity index (χ1n) is 4.95. The topological polar surface area (TPSA) is 47.3 Å². The summed E-state index contributed by atoms with van der Waals surface area (Å²) in [6.45, 7) is 5.66. The van der Waals surface area contributed by atoms with Crippen molar-refractivity contribution >= 4 is 11.4 Å². The minimum atomic E-state index is -0.0177. The van der Waals surface area contributed by atoms with Crippen LogP contribution in [0.3, 0.4) is 0 Å². The number of imidazole rings is 1. The molecule has 0 N–H and O–H groups in total. The van der Waals surface area contributed by atoms with Crippen LogP contribution in [0.25, 0.3) is 5.65 Å². The van der Waals surface area contributed by atoms with E-state index in [-0.39, 0.29) is 5.78 Å². The highest BCUT2D eigenvalue weighted by atomic mass is 16.1. The standard InChI is InChI=1S/C11H13N3O/c1-7(2)9-4-5-11-12-6-10(8(3)15)14(11)13-9/h4-7H,1-3H3. The maximum absolute atomic E-state index is 11.3. The molecule has 2 rings (SSSR count). The molecule has 78 valence electrons. The predicted molar refractivity (Wildman–Crippen MR) is 57.1 cm³/mol. The van der Waals surface area contributed by atoms with E-state index in [1.807, 2.05) is 12.1 Å². The van der Waals surface area contributed by atoms with Gasteiger partial charge in [0.15, 0.2) is 11.4 Å². The second-order valence-electron chi connectivity index (χ2n) is 3.88. The highest BCUT2D eigenvalue weighted by Gasteiger charge is 2.10. The van der Waals surface area contributed by atoms with Crippen molar-refractivity contribution in [2.45, 2.75) is 26.7 Å². The highest BCUT2D eigenvalue weighted by molar-refractivity contribution is 5.92. The van der Waals surface area contributed by atoms with E-state index < -0.39 is 0 Å². The molecule has 0 bridgehead atoms. The van der Waals surface area contributed by atoms with Gasteiger partial charge in [0.1, 0.15) is 5.69 Å². The van der Waals surface area contributed by atoms with Gasteiger partial charge >= 0.3 is 0 Å². The molecule has 0 saturated carbocycles. The van der Waals surface area contributed by atoms with Crippen LogP contribution in [0.1, 0.15) is 42.9 Å². The molecule has 0 atom stereocenters. The maximum Gasteiger partial charge on any atom is 0.179 e. The zero-order valence-electron chi connectivity index (χ0n) is 9.06. The van der Waals surface area contributed by atoms with Gasteiger partial charge in [0, 0.05) is 6.92 Å². The largest absolute Gasteiger partial charge is 0.293 e. The summed E-state index contributed by atoms with van der Waals surface area (Å²) in [7, 11) is 0. The summed E-state index contributed by atoms with van der Waals surface area (Å²) in [5.41, 5.74) is 2.21. The monoisotopic (exact) mass is 203 g/mol. The van der Waals surface area contributed by atoms with Crippen molar-refractivity contribution in [3.8, 4) is 0 Å². The Morgan fingerprint density at radius 3 is 2.73 bits per heavy atom. The molecule has 0 aromatic carbocycles. The van der Waals surface area contributed by atoms with Gasteiger partial charge in [0.25, 0.3) is 0 Å². The van der Waals surface area contributed by atoms with Crippen LogP contribution in [0.4, 0.5) is 0 Å². The number of Topliss-reactive ketones (excluding diaryl/α,β-unsaturated/α-hetero) is 1. The third-order valence-corrected chi connectivity index (χ3v) is 2.34. The van der Waals surface area contributed by atoms with E-state index in [2.05, 4.69) is 23.9 Å². The third kappa shape index (κ3) is 1.63. The number of rotatable bonds is 2. The molecule has 0 aliphatic heterocycles. The van der Waals surface area contributed by atoms with Gasteiger partial charge in [-0.1, -0.05) is 13.8 Å². The van der Waals surface area contributed by atoms with Crippen molar-refractivity contribution in [2.75, 3.05) is 0 Å². The molecule has 0 spiro atoms. The van der Waals surface area contributed by atoms with Crippen molar-refractivity contribution in [3.63, 3.8) is 0 Å². The van der Waals surface area contributed by atoms with Crippen molar-refractivity contribution < 1.29 is 4.79 Å². The van der Waals surface area contributed by atoms with E-state index in [9.17, 15) is 4.79 Å². The molecule has 0 fully saturated rings. The molecular weight excluding hydrogens is 190 g/mol. The highest BCUT2D eigenvalue weighted by Crippen LogP contribution is 2.13. The molecule has 15 heavy (non-hydrogen) atoms. The Morgan fingerprint density at radius 1 is 1.40 bits per heavy atom. The normalized spacial score (nSPS) is 11.2. The number of aromatic nitrogens is 3.